The Morgan fingerprint density at radius 2 is 2.03 bits per heavy atom. The lowest BCUT2D eigenvalue weighted by Crippen LogP contribution is -2.25. The van der Waals surface area contributed by atoms with Gasteiger partial charge < -0.3 is 10.3 Å². The van der Waals surface area contributed by atoms with Gasteiger partial charge in [-0.25, -0.2) is 13.4 Å². The smallest absolute Gasteiger partial charge is 0.165 e. The lowest BCUT2D eigenvalue weighted by atomic mass is 9.93. The number of hydrogen-bond acceptors (Lipinski definition) is 7. The molecule has 2 N–H and O–H groups in total. The van der Waals surface area contributed by atoms with Crippen molar-refractivity contribution in [3.05, 3.63) is 52.7 Å². The topological polar surface area (TPSA) is 112 Å². The Morgan fingerprint density at radius 3 is 2.71 bits per heavy atom. The summed E-state index contributed by atoms with van der Waals surface area (Å²) in [6.45, 7) is 1.45. The molecule has 4 aromatic heterocycles. The number of ketones is 1. The fraction of sp³-hybridized carbons (Fsp3) is 0.286. The molecule has 31 heavy (non-hydrogen) atoms. The number of aromatic nitrogens is 4. The second kappa shape index (κ2) is 7.31. The maximum atomic E-state index is 12.4. The minimum atomic E-state index is -3.03. The van der Waals surface area contributed by atoms with E-state index in [1.165, 1.54) is 11.4 Å². The van der Waals surface area contributed by atoms with E-state index < -0.39 is 9.84 Å². The SMILES string of the molecule is CC(=O)c1c(C2CCS(=O)(=O)CC2)nc2c(-c3ccn(-c4ccsc4)c3)cnn2c1N. The number of anilines is 1. The third-order valence-corrected chi connectivity index (χ3v) is 8.20. The average molecular weight is 456 g/mol. The maximum Gasteiger partial charge on any atom is 0.165 e. The van der Waals surface area contributed by atoms with Crippen molar-refractivity contribution in [2.45, 2.75) is 25.7 Å². The van der Waals surface area contributed by atoms with Crippen molar-refractivity contribution < 1.29 is 13.2 Å². The fourth-order valence-electron chi connectivity index (χ4n) is 4.18. The Hall–Kier alpha value is -2.98. The van der Waals surface area contributed by atoms with Crippen molar-refractivity contribution in [1.29, 1.82) is 0 Å². The second-order valence-electron chi connectivity index (χ2n) is 7.82. The third-order valence-electron chi connectivity index (χ3n) is 5.81. The van der Waals surface area contributed by atoms with Crippen LogP contribution in [0.2, 0.25) is 0 Å². The van der Waals surface area contributed by atoms with E-state index in [0.29, 0.717) is 29.7 Å². The van der Waals surface area contributed by atoms with Crippen molar-refractivity contribution in [3.8, 4) is 16.8 Å². The van der Waals surface area contributed by atoms with E-state index in [4.69, 9.17) is 10.7 Å². The van der Waals surface area contributed by atoms with Gasteiger partial charge in [-0.2, -0.15) is 21.0 Å². The molecule has 10 heteroatoms. The van der Waals surface area contributed by atoms with Crippen molar-refractivity contribution in [2.24, 2.45) is 0 Å². The monoisotopic (exact) mass is 455 g/mol. The van der Waals surface area contributed by atoms with E-state index in [0.717, 1.165) is 16.8 Å². The molecule has 0 aromatic carbocycles. The van der Waals surface area contributed by atoms with Crippen LogP contribution < -0.4 is 5.73 Å². The summed E-state index contributed by atoms with van der Waals surface area (Å²) in [4.78, 5) is 17.3. The predicted octanol–water partition coefficient (Wildman–Crippen LogP) is 3.33. The quantitative estimate of drug-likeness (QED) is 0.472. The van der Waals surface area contributed by atoms with E-state index in [9.17, 15) is 13.2 Å². The zero-order valence-electron chi connectivity index (χ0n) is 16.9. The zero-order chi connectivity index (χ0) is 21.8. The van der Waals surface area contributed by atoms with Gasteiger partial charge in [0, 0.05) is 34.8 Å². The van der Waals surface area contributed by atoms with E-state index >= 15 is 0 Å². The van der Waals surface area contributed by atoms with Crippen LogP contribution in [0.1, 0.15) is 41.7 Å². The van der Waals surface area contributed by atoms with Crippen LogP contribution in [0.4, 0.5) is 5.82 Å². The van der Waals surface area contributed by atoms with Crippen LogP contribution in [-0.4, -0.2) is 44.9 Å². The molecule has 0 bridgehead atoms. The first kappa shape index (κ1) is 20.0. The molecule has 5 heterocycles. The van der Waals surface area contributed by atoms with Gasteiger partial charge in [-0.3, -0.25) is 4.79 Å². The highest BCUT2D eigenvalue weighted by Crippen LogP contribution is 2.35. The summed E-state index contributed by atoms with van der Waals surface area (Å²) < 4.78 is 27.3. The third kappa shape index (κ3) is 3.45. The molecule has 1 aliphatic heterocycles. The number of carbonyl (C=O) groups is 1. The number of nitrogen functional groups attached to an aromatic ring is 1. The molecule has 0 amide bonds. The molecule has 0 spiro atoms. The van der Waals surface area contributed by atoms with E-state index in [-0.39, 0.29) is 29.0 Å². The summed E-state index contributed by atoms with van der Waals surface area (Å²) in [5, 5.41) is 8.47. The maximum absolute atomic E-state index is 12.4. The molecule has 0 radical (unpaired) electrons. The van der Waals surface area contributed by atoms with Crippen LogP contribution >= 0.6 is 11.3 Å². The van der Waals surface area contributed by atoms with Crippen LogP contribution in [0.25, 0.3) is 22.5 Å². The summed E-state index contributed by atoms with van der Waals surface area (Å²) in [5.41, 5.74) is 10.7. The van der Waals surface area contributed by atoms with Gasteiger partial charge in [0.2, 0.25) is 0 Å². The number of carbonyl (C=O) groups excluding carboxylic acids is 1. The number of sulfone groups is 1. The number of hydrogen-bond donors (Lipinski definition) is 1. The summed E-state index contributed by atoms with van der Waals surface area (Å²) in [6, 6.07) is 4.02. The first-order valence-corrected chi connectivity index (χ1v) is 12.7. The molecule has 5 rings (SSSR count). The van der Waals surface area contributed by atoms with Crippen molar-refractivity contribution in [3.63, 3.8) is 0 Å². The predicted molar refractivity (Wildman–Crippen MR) is 121 cm³/mol. The Bertz CT molecular complexity index is 1390. The molecule has 1 saturated heterocycles. The van der Waals surface area contributed by atoms with Gasteiger partial charge in [0.1, 0.15) is 15.7 Å². The first-order chi connectivity index (χ1) is 14.8. The number of Topliss-reactive ketones (excluding diaryl/α,β-unsaturated/α-hetero) is 1. The van der Waals surface area contributed by atoms with E-state index in [1.807, 2.05) is 34.5 Å². The van der Waals surface area contributed by atoms with Crippen molar-refractivity contribution >= 4 is 38.4 Å². The Morgan fingerprint density at radius 1 is 1.26 bits per heavy atom. The average Bonchev–Trinajstić information content (AvgIpc) is 3.47. The summed E-state index contributed by atoms with van der Waals surface area (Å²) in [7, 11) is -3.03. The minimum absolute atomic E-state index is 0.0946. The standard InChI is InChI=1S/C21H21N5O3S2/c1-13(27)18-19(14-4-8-31(28,29)9-5-14)24-21-17(10-23-26(21)20(18)22)15-2-6-25(11-15)16-3-7-30-12-16/h2-3,6-7,10-12,14H,4-5,8-9,22H2,1H3. The molecule has 0 aliphatic carbocycles. The molecule has 1 aliphatic rings. The van der Waals surface area contributed by atoms with E-state index in [1.54, 1.807) is 17.5 Å². The van der Waals surface area contributed by atoms with Crippen molar-refractivity contribution in [2.75, 3.05) is 17.2 Å². The van der Waals surface area contributed by atoms with Crippen LogP contribution in [0.15, 0.2) is 41.5 Å². The van der Waals surface area contributed by atoms with Gasteiger partial charge in [-0.1, -0.05) is 0 Å². The molecular formula is C21H21N5O3S2. The van der Waals surface area contributed by atoms with Gasteiger partial charge in [0.15, 0.2) is 11.4 Å². The Kier molecular flexibility index (Phi) is 4.71. The molecule has 0 saturated carbocycles. The summed E-state index contributed by atoms with van der Waals surface area (Å²) in [6.07, 6.45) is 6.54. The molecule has 1 fully saturated rings. The van der Waals surface area contributed by atoms with Crippen molar-refractivity contribution in [1.82, 2.24) is 19.2 Å². The molecule has 0 atom stereocenters. The number of rotatable bonds is 4. The molecule has 8 nitrogen and oxygen atoms in total. The first-order valence-electron chi connectivity index (χ1n) is 9.93. The zero-order valence-corrected chi connectivity index (χ0v) is 18.5. The number of nitrogens with two attached hydrogens (primary N) is 1. The highest BCUT2D eigenvalue weighted by atomic mass is 32.2. The minimum Gasteiger partial charge on any atom is -0.383 e. The lowest BCUT2D eigenvalue weighted by molar-refractivity contribution is 0.101. The second-order valence-corrected chi connectivity index (χ2v) is 10.9. The van der Waals surface area contributed by atoms with Gasteiger partial charge in [-0.15, -0.1) is 0 Å². The van der Waals surface area contributed by atoms with E-state index in [2.05, 4.69) is 10.5 Å². The van der Waals surface area contributed by atoms with Crippen LogP contribution in [-0.2, 0) is 9.84 Å². The van der Waals surface area contributed by atoms with Gasteiger partial charge >= 0.3 is 0 Å². The van der Waals surface area contributed by atoms with Gasteiger partial charge in [0.25, 0.3) is 0 Å². The van der Waals surface area contributed by atoms with Gasteiger partial charge in [0.05, 0.1) is 34.6 Å². The Labute approximate surface area is 183 Å². The number of nitrogens with zero attached hydrogens (tertiary/aromatic N) is 4. The highest BCUT2D eigenvalue weighted by Gasteiger charge is 2.31. The fourth-order valence-corrected chi connectivity index (χ4v) is 6.30. The summed E-state index contributed by atoms with van der Waals surface area (Å²) in [5.74, 6) is 0.0997. The number of fused-ring (bicyclic) bond motifs is 1. The lowest BCUT2D eigenvalue weighted by Gasteiger charge is -2.24. The number of thiophene rings is 1. The highest BCUT2D eigenvalue weighted by molar-refractivity contribution is 7.91. The molecule has 0 unspecified atom stereocenters. The Balaban J connectivity index is 1.64. The van der Waals surface area contributed by atoms with Crippen LogP contribution in [0, 0.1) is 0 Å². The van der Waals surface area contributed by atoms with Gasteiger partial charge in [-0.05, 0) is 37.3 Å². The normalized spacial score (nSPS) is 16.7. The molecule has 160 valence electrons. The van der Waals surface area contributed by atoms with Crippen LogP contribution in [0.5, 0.6) is 0 Å². The summed E-state index contributed by atoms with van der Waals surface area (Å²) >= 11 is 1.63. The molecular weight excluding hydrogens is 434 g/mol. The molecule has 4 aromatic rings. The van der Waals surface area contributed by atoms with Crippen LogP contribution in [0.3, 0.4) is 0 Å². The largest absolute Gasteiger partial charge is 0.383 e.